The molecule has 0 aliphatic carbocycles. The zero-order chi connectivity index (χ0) is 17.6. The van der Waals surface area contributed by atoms with Crippen LogP contribution in [-0.4, -0.2) is 11.7 Å². The third kappa shape index (κ3) is 2.77. The molecule has 0 amide bonds. The fraction of sp³-hybridized carbons (Fsp3) is 0.188. The van der Waals surface area contributed by atoms with E-state index in [2.05, 4.69) is 4.99 Å². The number of nitrogens with zero attached hydrogens (tertiary/aromatic N) is 2. The van der Waals surface area contributed by atoms with Crippen LogP contribution in [0.1, 0.15) is 6.92 Å². The third-order valence-corrected chi connectivity index (χ3v) is 8.62. The van der Waals surface area contributed by atoms with Crippen LogP contribution in [0.3, 0.4) is 0 Å². The lowest BCUT2D eigenvalue weighted by molar-refractivity contribution is 0.415. The molecular formula is C16H12N2O3S4. The zero-order valence-corrected chi connectivity index (χ0v) is 16.5. The molecule has 5 nitrogen and oxygen atoms in total. The van der Waals surface area contributed by atoms with Crippen molar-refractivity contribution in [1.82, 2.24) is 4.57 Å². The van der Waals surface area contributed by atoms with Gasteiger partial charge >= 0.3 is 0 Å². The maximum atomic E-state index is 12.9. The highest BCUT2D eigenvalue weighted by atomic mass is 32.9. The van der Waals surface area contributed by atoms with Gasteiger partial charge in [0.2, 0.25) is 5.43 Å². The number of fused-ring (bicyclic) bond motifs is 1. The van der Waals surface area contributed by atoms with Crippen molar-refractivity contribution in [2.75, 3.05) is 7.11 Å². The highest BCUT2D eigenvalue weighted by Gasteiger charge is 2.14. The molecule has 128 valence electrons. The predicted molar refractivity (Wildman–Crippen MR) is 105 cm³/mol. The second-order valence-corrected chi connectivity index (χ2v) is 9.77. The maximum absolute atomic E-state index is 12.9. The average Bonchev–Trinajstić information content (AvgIpc) is 3.15. The van der Waals surface area contributed by atoms with Crippen LogP contribution in [0.2, 0.25) is 0 Å². The lowest BCUT2D eigenvalue weighted by Gasteiger charge is -2.02. The van der Waals surface area contributed by atoms with E-state index in [0.717, 1.165) is 13.6 Å². The van der Waals surface area contributed by atoms with Gasteiger partial charge in [0.1, 0.15) is 24.5 Å². The Bertz CT molecular complexity index is 1310. The minimum atomic E-state index is -0.119. The van der Waals surface area contributed by atoms with E-state index in [1.54, 1.807) is 7.11 Å². The Kier molecular flexibility index (Phi) is 4.32. The molecule has 25 heavy (non-hydrogen) atoms. The molecule has 4 rings (SSSR count). The van der Waals surface area contributed by atoms with Crippen molar-refractivity contribution in [3.8, 4) is 5.75 Å². The Hall–Kier alpha value is -1.81. The second kappa shape index (κ2) is 6.49. The van der Waals surface area contributed by atoms with Gasteiger partial charge in [-0.3, -0.25) is 9.59 Å². The van der Waals surface area contributed by atoms with Crippen molar-refractivity contribution in [2.24, 2.45) is 4.99 Å². The van der Waals surface area contributed by atoms with Gasteiger partial charge in [-0.05, 0) is 41.5 Å². The summed E-state index contributed by atoms with van der Waals surface area (Å²) in [6.07, 6.45) is 0. The van der Waals surface area contributed by atoms with Gasteiger partial charge in [0, 0.05) is 6.54 Å². The lowest BCUT2D eigenvalue weighted by Crippen LogP contribution is -2.22. The molecule has 1 aromatic heterocycles. The summed E-state index contributed by atoms with van der Waals surface area (Å²) in [6.45, 7) is 2.52. The molecule has 2 aliphatic rings. The SMILES string of the molecule is CCn1c2c(=O)c(=Nc3ccc(OC)cc3)sc=2sc2ssc(=O)c21. The van der Waals surface area contributed by atoms with Crippen molar-refractivity contribution in [3.05, 3.63) is 57.9 Å². The molecule has 0 unspecified atom stereocenters. The minimum Gasteiger partial charge on any atom is -0.497 e. The number of methoxy groups -OCH3 is 1. The van der Waals surface area contributed by atoms with Crippen molar-refractivity contribution in [2.45, 2.75) is 13.5 Å². The maximum Gasteiger partial charge on any atom is 0.268 e. The second-order valence-electron chi connectivity index (χ2n) is 5.12. The smallest absolute Gasteiger partial charge is 0.268 e. The molecule has 0 spiro atoms. The molecule has 0 N–H and O–H groups in total. The van der Waals surface area contributed by atoms with Gasteiger partial charge in [-0.25, -0.2) is 4.99 Å². The molecule has 0 bridgehead atoms. The van der Waals surface area contributed by atoms with Crippen molar-refractivity contribution >= 4 is 58.6 Å². The quantitative estimate of drug-likeness (QED) is 0.487. The van der Waals surface area contributed by atoms with Crippen LogP contribution in [0, 0.1) is 9.20 Å². The fourth-order valence-corrected chi connectivity index (χ4v) is 7.74. The summed E-state index contributed by atoms with van der Waals surface area (Å²) in [5, 5.41) is 0.583. The standard InChI is InChI=1S/C16H12N2O3S4/c1-3-18-10-12(19)13(17-8-4-6-9(21-2)7-5-8)22-15(10)23-16-11(18)14(20)24-25-16/h4-7H,3H2,1-2H3. The van der Waals surface area contributed by atoms with Gasteiger partial charge < -0.3 is 9.30 Å². The predicted octanol–water partition coefficient (Wildman–Crippen LogP) is 3.59. The summed E-state index contributed by atoms with van der Waals surface area (Å²) in [4.78, 5) is 29.5. The van der Waals surface area contributed by atoms with E-state index in [-0.39, 0.29) is 10.2 Å². The average molecular weight is 409 g/mol. The van der Waals surface area contributed by atoms with Crippen LogP contribution in [0.25, 0.3) is 9.53 Å². The molecule has 0 saturated heterocycles. The summed E-state index contributed by atoms with van der Waals surface area (Å²) in [7, 11) is 4.30. The Labute approximate surface area is 156 Å². The molecule has 9 heteroatoms. The molecule has 0 saturated carbocycles. The number of benzene rings is 1. The molecule has 2 aliphatic heterocycles. The van der Waals surface area contributed by atoms with Crippen LogP contribution in [-0.2, 0) is 6.54 Å². The van der Waals surface area contributed by atoms with Gasteiger partial charge in [-0.2, -0.15) is 0 Å². The van der Waals surface area contributed by atoms with E-state index in [9.17, 15) is 9.59 Å². The largest absolute Gasteiger partial charge is 0.497 e. The molecule has 2 aromatic rings. The first kappa shape index (κ1) is 16.6. The van der Waals surface area contributed by atoms with Gasteiger partial charge in [0.05, 0.1) is 12.8 Å². The first-order valence-electron chi connectivity index (χ1n) is 7.40. The van der Waals surface area contributed by atoms with E-state index in [0.29, 0.717) is 27.8 Å². The molecular weight excluding hydrogens is 396 g/mol. The number of rotatable bonds is 3. The Morgan fingerprint density at radius 3 is 2.56 bits per heavy atom. The number of ether oxygens (including phenoxy) is 1. The van der Waals surface area contributed by atoms with Crippen LogP contribution < -0.4 is 19.6 Å². The van der Waals surface area contributed by atoms with Crippen molar-refractivity contribution < 1.29 is 4.74 Å². The van der Waals surface area contributed by atoms with Crippen LogP contribution in [0.4, 0.5) is 5.69 Å². The van der Waals surface area contributed by atoms with E-state index < -0.39 is 0 Å². The number of aromatic nitrogens is 1. The first-order chi connectivity index (χ1) is 12.1. The molecule has 1 aromatic carbocycles. The zero-order valence-electron chi connectivity index (χ0n) is 13.3. The van der Waals surface area contributed by atoms with Crippen LogP contribution in [0.5, 0.6) is 5.75 Å². The molecule has 0 fully saturated rings. The van der Waals surface area contributed by atoms with Crippen LogP contribution >= 0.6 is 43.4 Å². The fourth-order valence-electron chi connectivity index (χ4n) is 2.56. The van der Waals surface area contributed by atoms with Crippen molar-refractivity contribution in [3.63, 3.8) is 0 Å². The summed E-state index contributed by atoms with van der Waals surface area (Å²) < 4.78 is 9.29. The Morgan fingerprint density at radius 2 is 1.88 bits per heavy atom. The highest BCUT2D eigenvalue weighted by Crippen LogP contribution is 2.26. The van der Waals surface area contributed by atoms with Gasteiger partial charge in [-0.15, -0.1) is 11.3 Å². The Morgan fingerprint density at radius 1 is 1.12 bits per heavy atom. The summed E-state index contributed by atoms with van der Waals surface area (Å²) in [5.41, 5.74) is 1.22. The third-order valence-electron chi connectivity index (χ3n) is 3.72. The summed E-state index contributed by atoms with van der Waals surface area (Å²) >= 11 is 2.88. The number of aryl methyl sites for hydroxylation is 1. The lowest BCUT2D eigenvalue weighted by atomic mass is 10.3. The van der Waals surface area contributed by atoms with E-state index >= 15 is 0 Å². The van der Waals surface area contributed by atoms with Gasteiger partial charge in [0.15, 0.2) is 4.67 Å². The van der Waals surface area contributed by atoms with E-state index in [1.807, 2.05) is 35.8 Å². The highest BCUT2D eigenvalue weighted by molar-refractivity contribution is 7.74. The molecule has 0 atom stereocenters. The summed E-state index contributed by atoms with van der Waals surface area (Å²) in [6, 6.07) is 7.25. The Balaban J connectivity index is 2.03. The van der Waals surface area contributed by atoms with Gasteiger partial charge in [-0.1, -0.05) is 21.7 Å². The topological polar surface area (TPSA) is 60.7 Å². The van der Waals surface area contributed by atoms with E-state index in [4.69, 9.17) is 4.74 Å². The molecule has 0 radical (unpaired) electrons. The number of hydrogen-bond acceptors (Lipinski definition) is 8. The van der Waals surface area contributed by atoms with Crippen molar-refractivity contribution in [1.29, 1.82) is 0 Å². The minimum absolute atomic E-state index is 0.0132. The summed E-state index contributed by atoms with van der Waals surface area (Å²) in [5.74, 6) is 0.744. The monoisotopic (exact) mass is 408 g/mol. The first-order valence-corrected chi connectivity index (χ1v) is 11.2. The number of hydrogen-bond donors (Lipinski definition) is 0. The van der Waals surface area contributed by atoms with Crippen LogP contribution in [0.15, 0.2) is 38.8 Å². The normalized spacial score (nSPS) is 12.3. The van der Waals surface area contributed by atoms with E-state index in [1.165, 1.54) is 43.4 Å². The molecule has 3 heterocycles. The van der Waals surface area contributed by atoms with Gasteiger partial charge in [0.25, 0.3) is 4.74 Å².